The second-order valence-corrected chi connectivity index (χ2v) is 8.79. The van der Waals surface area contributed by atoms with Crippen LogP contribution in [0.5, 0.6) is 0 Å². The molecule has 1 amide bonds. The highest BCUT2D eigenvalue weighted by Gasteiger charge is 2.43. The maximum atomic E-state index is 12.8. The molecule has 0 unspecified atom stereocenters. The molecule has 2 heterocycles. The Balaban J connectivity index is 2.25. The number of nitrogens with zero attached hydrogens (tertiary/aromatic N) is 3. The van der Waals surface area contributed by atoms with E-state index in [1.165, 1.54) is 0 Å². The lowest BCUT2D eigenvalue weighted by atomic mass is 9.77. The third kappa shape index (κ3) is 3.92. The predicted octanol–water partition coefficient (Wildman–Crippen LogP) is 2.63. The lowest BCUT2D eigenvalue weighted by molar-refractivity contribution is -0.128. The minimum absolute atomic E-state index is 0.133. The van der Waals surface area contributed by atoms with Crippen LogP contribution >= 0.6 is 0 Å². The maximum absolute atomic E-state index is 12.8. The van der Waals surface area contributed by atoms with Crippen LogP contribution in [0.2, 0.25) is 0 Å². The Hall–Kier alpha value is -1.54. The molecule has 0 aromatic carbocycles. The fourth-order valence-electron chi connectivity index (χ4n) is 4.36. The van der Waals surface area contributed by atoms with Crippen molar-refractivity contribution >= 4 is 5.91 Å². The minimum atomic E-state index is -0.181. The average molecular weight is 332 g/mol. The van der Waals surface area contributed by atoms with E-state index in [1.807, 2.05) is 4.90 Å². The van der Waals surface area contributed by atoms with E-state index >= 15 is 0 Å². The van der Waals surface area contributed by atoms with Gasteiger partial charge >= 0.3 is 0 Å². The first-order valence-corrected chi connectivity index (χ1v) is 9.03. The number of carbonyl (C=O) groups excluding carboxylic acids is 1. The fraction of sp³-hybridized carbons (Fsp3) is 0.789. The van der Waals surface area contributed by atoms with Gasteiger partial charge in [-0.05, 0) is 59.3 Å². The number of hydrogen-bond donors (Lipinski definition) is 1. The highest BCUT2D eigenvalue weighted by molar-refractivity contribution is 5.97. The molecular weight excluding hydrogens is 300 g/mol. The molecule has 134 valence electrons. The third-order valence-electron chi connectivity index (χ3n) is 5.51. The first-order valence-electron chi connectivity index (χ1n) is 9.03. The molecule has 2 fully saturated rings. The van der Waals surface area contributed by atoms with Gasteiger partial charge in [-0.3, -0.25) is 4.79 Å². The van der Waals surface area contributed by atoms with Gasteiger partial charge in [-0.2, -0.15) is 5.26 Å². The number of rotatable bonds is 2. The Bertz CT molecular complexity index is 532. The van der Waals surface area contributed by atoms with Crippen LogP contribution in [0.15, 0.2) is 11.8 Å². The molecule has 24 heavy (non-hydrogen) atoms. The van der Waals surface area contributed by atoms with Crippen LogP contribution in [0.1, 0.15) is 60.3 Å². The molecule has 0 aliphatic carbocycles. The molecule has 0 aromatic rings. The van der Waals surface area contributed by atoms with E-state index in [0.717, 1.165) is 38.8 Å². The van der Waals surface area contributed by atoms with E-state index in [0.29, 0.717) is 5.92 Å². The molecule has 2 N–H and O–H groups in total. The number of nitrogens with two attached hydrogens (primary N) is 1. The standard InChI is InChI=1S/C19H32N4O/c1-14-6-8-22(9-7-14)17(24)15(12-20)13-23-18(2,3)10-16(21)11-19(23,4)5/h13-14,16H,6-11,21H2,1-5H3/b15-13-. The summed E-state index contributed by atoms with van der Waals surface area (Å²) in [7, 11) is 0. The Kier molecular flexibility index (Phi) is 5.29. The van der Waals surface area contributed by atoms with E-state index in [1.54, 1.807) is 6.20 Å². The number of carbonyl (C=O) groups is 1. The monoisotopic (exact) mass is 332 g/mol. The van der Waals surface area contributed by atoms with Gasteiger partial charge in [0.2, 0.25) is 0 Å². The highest BCUT2D eigenvalue weighted by atomic mass is 16.2. The Labute approximate surface area is 146 Å². The van der Waals surface area contributed by atoms with Crippen molar-refractivity contribution in [2.45, 2.75) is 77.4 Å². The highest BCUT2D eigenvalue weighted by Crippen LogP contribution is 2.38. The summed E-state index contributed by atoms with van der Waals surface area (Å²) < 4.78 is 0. The van der Waals surface area contributed by atoms with Gasteiger partial charge in [0.15, 0.2) is 0 Å². The summed E-state index contributed by atoms with van der Waals surface area (Å²) in [6.07, 6.45) is 5.51. The SMILES string of the molecule is CC1CCN(C(=O)/C(C#N)=C\N2C(C)(C)CC(N)CC2(C)C)CC1. The van der Waals surface area contributed by atoms with Crippen molar-refractivity contribution < 1.29 is 4.79 Å². The van der Waals surface area contributed by atoms with Crippen molar-refractivity contribution in [2.75, 3.05) is 13.1 Å². The van der Waals surface area contributed by atoms with E-state index in [4.69, 9.17) is 5.73 Å². The quantitative estimate of drug-likeness (QED) is 0.623. The van der Waals surface area contributed by atoms with E-state index in [9.17, 15) is 10.1 Å². The molecule has 0 radical (unpaired) electrons. The predicted molar refractivity (Wildman–Crippen MR) is 95.9 cm³/mol. The molecule has 0 saturated carbocycles. The summed E-state index contributed by atoms with van der Waals surface area (Å²) in [5.41, 5.74) is 6.09. The van der Waals surface area contributed by atoms with Crippen LogP contribution < -0.4 is 5.73 Å². The zero-order chi connectivity index (χ0) is 18.1. The molecule has 0 spiro atoms. The fourth-order valence-corrected chi connectivity index (χ4v) is 4.36. The van der Waals surface area contributed by atoms with Crippen molar-refractivity contribution in [3.8, 4) is 6.07 Å². The Morgan fingerprint density at radius 2 is 1.67 bits per heavy atom. The van der Waals surface area contributed by atoms with Gasteiger partial charge < -0.3 is 15.5 Å². The van der Waals surface area contributed by atoms with Crippen molar-refractivity contribution in [3.05, 3.63) is 11.8 Å². The molecule has 2 aliphatic rings. The molecular formula is C19H32N4O. The van der Waals surface area contributed by atoms with Gasteiger partial charge in [-0.25, -0.2) is 0 Å². The van der Waals surface area contributed by atoms with Crippen molar-refractivity contribution in [1.82, 2.24) is 9.80 Å². The maximum Gasteiger partial charge on any atom is 0.266 e. The first-order chi connectivity index (χ1) is 11.1. The van der Waals surface area contributed by atoms with Crippen LogP contribution in [0.3, 0.4) is 0 Å². The van der Waals surface area contributed by atoms with E-state index in [2.05, 4.69) is 45.6 Å². The molecule has 0 aromatic heterocycles. The third-order valence-corrected chi connectivity index (χ3v) is 5.51. The lowest BCUT2D eigenvalue weighted by Crippen LogP contribution is -2.61. The van der Waals surface area contributed by atoms with E-state index in [-0.39, 0.29) is 28.6 Å². The number of amides is 1. The Morgan fingerprint density at radius 1 is 1.17 bits per heavy atom. The van der Waals surface area contributed by atoms with E-state index < -0.39 is 0 Å². The molecule has 0 bridgehead atoms. The summed E-state index contributed by atoms with van der Waals surface area (Å²) in [4.78, 5) is 16.8. The molecule has 5 heteroatoms. The van der Waals surface area contributed by atoms with Gasteiger partial charge in [0.1, 0.15) is 11.6 Å². The molecule has 2 rings (SSSR count). The van der Waals surface area contributed by atoms with Gasteiger partial charge in [0.25, 0.3) is 5.91 Å². The van der Waals surface area contributed by atoms with Gasteiger partial charge in [0, 0.05) is 36.4 Å². The Morgan fingerprint density at radius 3 is 2.12 bits per heavy atom. The van der Waals surface area contributed by atoms with Gasteiger partial charge in [0.05, 0.1) is 0 Å². The number of piperidine rings is 2. The van der Waals surface area contributed by atoms with Crippen molar-refractivity contribution in [2.24, 2.45) is 11.7 Å². The molecule has 5 nitrogen and oxygen atoms in total. The zero-order valence-electron chi connectivity index (χ0n) is 15.8. The summed E-state index contributed by atoms with van der Waals surface area (Å²) in [5.74, 6) is 0.524. The van der Waals surface area contributed by atoms with Crippen molar-refractivity contribution in [1.29, 1.82) is 5.26 Å². The zero-order valence-corrected chi connectivity index (χ0v) is 15.8. The normalized spacial score (nSPS) is 25.5. The smallest absolute Gasteiger partial charge is 0.266 e. The summed E-state index contributed by atoms with van der Waals surface area (Å²) in [5, 5.41) is 9.58. The van der Waals surface area contributed by atoms with Crippen molar-refractivity contribution in [3.63, 3.8) is 0 Å². The second kappa shape index (κ2) is 6.76. The summed E-state index contributed by atoms with van der Waals surface area (Å²) >= 11 is 0. The number of likely N-dealkylation sites (tertiary alicyclic amines) is 2. The molecule has 0 atom stereocenters. The topological polar surface area (TPSA) is 73.4 Å². The van der Waals surface area contributed by atoms with Crippen LogP contribution in [0, 0.1) is 17.2 Å². The number of nitriles is 1. The lowest BCUT2D eigenvalue weighted by Gasteiger charge is -2.54. The molecule has 2 aliphatic heterocycles. The van der Waals surface area contributed by atoms with Crippen LogP contribution in [0.4, 0.5) is 0 Å². The summed E-state index contributed by atoms with van der Waals surface area (Å²) in [6, 6.07) is 2.28. The van der Waals surface area contributed by atoms with Gasteiger partial charge in [-0.1, -0.05) is 6.92 Å². The van der Waals surface area contributed by atoms with Crippen LogP contribution in [-0.2, 0) is 4.79 Å². The second-order valence-electron chi connectivity index (χ2n) is 8.79. The van der Waals surface area contributed by atoms with Crippen LogP contribution in [-0.4, -0.2) is 45.9 Å². The first kappa shape index (κ1) is 18.8. The summed E-state index contributed by atoms with van der Waals surface area (Å²) in [6.45, 7) is 12.2. The van der Waals surface area contributed by atoms with Gasteiger partial charge in [-0.15, -0.1) is 0 Å². The van der Waals surface area contributed by atoms with Crippen LogP contribution in [0.25, 0.3) is 0 Å². The minimum Gasteiger partial charge on any atom is -0.366 e. The molecule has 2 saturated heterocycles. The average Bonchev–Trinajstić information content (AvgIpc) is 2.45. The largest absolute Gasteiger partial charge is 0.366 e. The number of hydrogen-bond acceptors (Lipinski definition) is 4.